The molecule has 2 aromatic carbocycles. The molecule has 0 bridgehead atoms. The first-order valence-electron chi connectivity index (χ1n) is 12.5. The van der Waals surface area contributed by atoms with Crippen LogP contribution in [0.3, 0.4) is 0 Å². The van der Waals surface area contributed by atoms with Crippen molar-refractivity contribution in [3.8, 4) is 5.75 Å². The minimum atomic E-state index is -0.107. The van der Waals surface area contributed by atoms with Crippen LogP contribution in [0.1, 0.15) is 53.9 Å². The van der Waals surface area contributed by atoms with Gasteiger partial charge in [0.2, 0.25) is 5.91 Å². The summed E-state index contributed by atoms with van der Waals surface area (Å²) in [6.45, 7) is 3.82. The second-order valence-corrected chi connectivity index (χ2v) is 10.3. The predicted octanol–water partition coefficient (Wildman–Crippen LogP) is 5.17. The van der Waals surface area contributed by atoms with Gasteiger partial charge in [-0.25, -0.2) is 4.98 Å². The molecule has 3 aromatic rings. The molecule has 1 fully saturated rings. The molecule has 1 aromatic heterocycles. The van der Waals surface area contributed by atoms with Gasteiger partial charge < -0.3 is 15.0 Å². The van der Waals surface area contributed by atoms with Crippen LogP contribution in [0.2, 0.25) is 0 Å². The highest BCUT2D eigenvalue weighted by Gasteiger charge is 2.34. The Morgan fingerprint density at radius 3 is 2.54 bits per heavy atom. The Labute approximate surface area is 210 Å². The van der Waals surface area contributed by atoms with Crippen molar-refractivity contribution in [2.24, 2.45) is 5.92 Å². The molecule has 1 aliphatic heterocycles. The number of ether oxygens (including phenoxy) is 1. The lowest BCUT2D eigenvalue weighted by Gasteiger charge is -2.34. The van der Waals surface area contributed by atoms with E-state index in [-0.39, 0.29) is 29.7 Å². The summed E-state index contributed by atoms with van der Waals surface area (Å²) in [6, 6.07) is 15.6. The zero-order chi connectivity index (χ0) is 24.2. The van der Waals surface area contributed by atoms with Crippen molar-refractivity contribution in [3.63, 3.8) is 0 Å². The number of fused-ring (bicyclic) bond motifs is 1. The summed E-state index contributed by atoms with van der Waals surface area (Å²) in [4.78, 5) is 33.0. The molecule has 2 heterocycles. The largest absolute Gasteiger partial charge is 0.494 e. The number of hydrogen-bond donors (Lipinski definition) is 1. The molecule has 0 spiro atoms. The average molecular weight is 490 g/mol. The van der Waals surface area contributed by atoms with Gasteiger partial charge in [0.05, 0.1) is 27.7 Å². The monoisotopic (exact) mass is 489 g/mol. The zero-order valence-electron chi connectivity index (χ0n) is 20.0. The molecular weight excluding hydrogens is 458 g/mol. The maximum atomic E-state index is 13.3. The maximum absolute atomic E-state index is 13.3. The number of thiazole rings is 1. The van der Waals surface area contributed by atoms with Gasteiger partial charge in [0, 0.05) is 30.6 Å². The lowest BCUT2D eigenvalue weighted by molar-refractivity contribution is -0.126. The third kappa shape index (κ3) is 5.25. The van der Waals surface area contributed by atoms with Crippen molar-refractivity contribution in [1.82, 2.24) is 15.2 Å². The van der Waals surface area contributed by atoms with E-state index in [0.29, 0.717) is 25.3 Å². The summed E-state index contributed by atoms with van der Waals surface area (Å²) in [7, 11) is 0. The number of benzene rings is 2. The molecule has 2 atom stereocenters. The van der Waals surface area contributed by atoms with Crippen LogP contribution < -0.4 is 10.1 Å². The van der Waals surface area contributed by atoms with E-state index in [9.17, 15) is 9.59 Å². The maximum Gasteiger partial charge on any atom is 0.253 e. The molecular formula is C28H31N3O3S. The van der Waals surface area contributed by atoms with E-state index in [1.807, 2.05) is 54.3 Å². The number of para-hydroxylation sites is 1. The Hall–Kier alpha value is -3.19. The normalized spacial score (nSPS) is 20.7. The van der Waals surface area contributed by atoms with Crippen LogP contribution in [0.25, 0.3) is 10.2 Å². The number of amides is 2. The number of nitrogens with zero attached hydrogens (tertiary/aromatic N) is 2. The molecule has 5 rings (SSSR count). The fourth-order valence-electron chi connectivity index (χ4n) is 5.00. The quantitative estimate of drug-likeness (QED) is 0.485. The van der Waals surface area contributed by atoms with E-state index in [1.165, 1.54) is 4.70 Å². The highest BCUT2D eigenvalue weighted by atomic mass is 32.1. The van der Waals surface area contributed by atoms with Crippen molar-refractivity contribution >= 4 is 33.4 Å². The Bertz CT molecular complexity index is 1180. The molecule has 1 saturated heterocycles. The molecule has 0 radical (unpaired) electrons. The number of aromatic nitrogens is 1. The van der Waals surface area contributed by atoms with Gasteiger partial charge in [0.15, 0.2) is 0 Å². The first-order chi connectivity index (χ1) is 17.1. The van der Waals surface area contributed by atoms with Gasteiger partial charge in [0.25, 0.3) is 5.91 Å². The van der Waals surface area contributed by atoms with E-state index >= 15 is 0 Å². The lowest BCUT2D eigenvalue weighted by atomic mass is 9.82. The van der Waals surface area contributed by atoms with Crippen LogP contribution in [-0.4, -0.2) is 47.4 Å². The average Bonchev–Trinajstić information content (AvgIpc) is 3.34. The fourth-order valence-corrected chi connectivity index (χ4v) is 6.15. The van der Waals surface area contributed by atoms with Crippen LogP contribution in [0, 0.1) is 5.92 Å². The molecule has 7 heteroatoms. The summed E-state index contributed by atoms with van der Waals surface area (Å²) in [5.74, 6) is 0.913. The van der Waals surface area contributed by atoms with Crippen molar-refractivity contribution in [1.29, 1.82) is 0 Å². The van der Waals surface area contributed by atoms with Crippen LogP contribution >= 0.6 is 11.3 Å². The van der Waals surface area contributed by atoms with E-state index in [4.69, 9.17) is 9.72 Å². The number of allylic oxidation sites excluding steroid dienone is 2. The molecule has 35 heavy (non-hydrogen) atoms. The van der Waals surface area contributed by atoms with Crippen LogP contribution in [-0.2, 0) is 4.79 Å². The number of likely N-dealkylation sites (tertiary alicyclic amines) is 1. The highest BCUT2D eigenvalue weighted by Crippen LogP contribution is 2.38. The Morgan fingerprint density at radius 1 is 1.06 bits per heavy atom. The first kappa shape index (κ1) is 23.5. The number of nitrogens with one attached hydrogen (secondary N) is 1. The molecule has 182 valence electrons. The van der Waals surface area contributed by atoms with Gasteiger partial charge >= 0.3 is 0 Å². The van der Waals surface area contributed by atoms with Crippen molar-refractivity contribution in [2.45, 2.75) is 44.6 Å². The Morgan fingerprint density at radius 2 is 1.80 bits per heavy atom. The minimum Gasteiger partial charge on any atom is -0.494 e. The van der Waals surface area contributed by atoms with Crippen LogP contribution in [0.5, 0.6) is 5.75 Å². The van der Waals surface area contributed by atoms with Gasteiger partial charge in [-0.3, -0.25) is 9.59 Å². The van der Waals surface area contributed by atoms with Gasteiger partial charge in [-0.1, -0.05) is 24.3 Å². The molecule has 6 nitrogen and oxygen atoms in total. The van der Waals surface area contributed by atoms with Gasteiger partial charge in [0.1, 0.15) is 5.75 Å². The number of hydrogen-bond acceptors (Lipinski definition) is 5. The summed E-state index contributed by atoms with van der Waals surface area (Å²) >= 11 is 1.70. The second-order valence-electron chi connectivity index (χ2n) is 9.21. The fraction of sp³-hybridized carbons (Fsp3) is 0.393. The molecule has 0 saturated carbocycles. The zero-order valence-corrected chi connectivity index (χ0v) is 20.8. The summed E-state index contributed by atoms with van der Waals surface area (Å²) in [6.07, 6.45) is 7.40. The minimum absolute atomic E-state index is 0.0335. The van der Waals surface area contributed by atoms with E-state index in [0.717, 1.165) is 42.0 Å². The topological polar surface area (TPSA) is 71.5 Å². The lowest BCUT2D eigenvalue weighted by Crippen LogP contribution is -2.48. The van der Waals surface area contributed by atoms with Crippen molar-refractivity contribution in [3.05, 3.63) is 71.3 Å². The van der Waals surface area contributed by atoms with E-state index in [1.54, 1.807) is 11.3 Å². The van der Waals surface area contributed by atoms with Crippen molar-refractivity contribution < 1.29 is 14.3 Å². The summed E-state index contributed by atoms with van der Waals surface area (Å²) in [5.41, 5.74) is 1.68. The van der Waals surface area contributed by atoms with Gasteiger partial charge in [-0.15, -0.1) is 11.3 Å². The number of rotatable bonds is 6. The first-order valence-corrected chi connectivity index (χ1v) is 13.3. The standard InChI is InChI=1S/C28H31N3O3S/c1-2-34-21-13-11-19(12-14-21)28(33)31-17-15-20(16-18-31)29-26(32)22-7-3-4-8-23(22)27-30-24-9-5-6-10-25(24)35-27/h3-6,9-14,20,22-23H,2,7-8,15-18H2,1H3,(H,29,32). The van der Waals surface area contributed by atoms with E-state index in [2.05, 4.69) is 23.5 Å². The Balaban J connectivity index is 1.18. The molecule has 2 aliphatic rings. The predicted molar refractivity (Wildman–Crippen MR) is 139 cm³/mol. The van der Waals surface area contributed by atoms with Gasteiger partial charge in [-0.2, -0.15) is 0 Å². The second kappa shape index (κ2) is 10.6. The smallest absolute Gasteiger partial charge is 0.253 e. The molecule has 2 unspecified atom stereocenters. The van der Waals surface area contributed by atoms with Crippen molar-refractivity contribution in [2.75, 3.05) is 19.7 Å². The third-order valence-electron chi connectivity index (χ3n) is 6.94. The summed E-state index contributed by atoms with van der Waals surface area (Å²) in [5, 5.41) is 4.34. The SMILES string of the molecule is CCOc1ccc(C(=O)N2CCC(NC(=O)C3CC=CCC3c3nc4ccccc4s3)CC2)cc1. The third-order valence-corrected chi connectivity index (χ3v) is 8.11. The van der Waals surface area contributed by atoms with Crippen LogP contribution in [0.15, 0.2) is 60.7 Å². The molecule has 1 aliphatic carbocycles. The number of piperidine rings is 1. The summed E-state index contributed by atoms with van der Waals surface area (Å²) < 4.78 is 6.63. The molecule has 2 amide bonds. The number of carbonyl (C=O) groups is 2. The number of carbonyl (C=O) groups excluding carboxylic acids is 2. The highest BCUT2D eigenvalue weighted by molar-refractivity contribution is 7.18. The van der Waals surface area contributed by atoms with Gasteiger partial charge in [-0.05, 0) is 69.0 Å². The molecule has 1 N–H and O–H groups in total. The van der Waals surface area contributed by atoms with E-state index < -0.39 is 0 Å². The van der Waals surface area contributed by atoms with Crippen LogP contribution in [0.4, 0.5) is 0 Å². The Kier molecular flexibility index (Phi) is 7.13.